The Morgan fingerprint density at radius 1 is 1.37 bits per heavy atom. The predicted molar refractivity (Wildman–Crippen MR) is 74.0 cm³/mol. The molecule has 19 heavy (non-hydrogen) atoms. The first kappa shape index (κ1) is 13.4. The van der Waals surface area contributed by atoms with Gasteiger partial charge in [-0.05, 0) is 57.7 Å². The van der Waals surface area contributed by atoms with Crippen molar-refractivity contribution in [1.82, 2.24) is 9.80 Å². The maximum atomic E-state index is 11.3. The van der Waals surface area contributed by atoms with Gasteiger partial charge in [0.1, 0.15) is 0 Å². The van der Waals surface area contributed by atoms with Crippen LogP contribution in [0.1, 0.15) is 32.6 Å². The standard InChI is InChI=1S/C15H26N2O2/c1-3-10(15(18)19)8-13-14-12(9-16(13)2)11-4-6-17(14)7-5-11/h10-14H,3-9H2,1-2H3,(H,18,19). The van der Waals surface area contributed by atoms with E-state index in [0.29, 0.717) is 12.1 Å². The number of carboxylic acids is 1. The lowest BCUT2D eigenvalue weighted by atomic mass is 9.73. The second-order valence-electron chi connectivity index (χ2n) is 6.71. The molecule has 0 radical (unpaired) electrons. The Labute approximate surface area is 115 Å². The Morgan fingerprint density at radius 3 is 2.63 bits per heavy atom. The van der Waals surface area contributed by atoms with Gasteiger partial charge in [-0.25, -0.2) is 0 Å². The number of likely N-dealkylation sites (tertiary alicyclic amines) is 1. The van der Waals surface area contributed by atoms with Crippen molar-refractivity contribution in [2.24, 2.45) is 17.8 Å². The summed E-state index contributed by atoms with van der Waals surface area (Å²) in [6.07, 6.45) is 4.29. The number of rotatable bonds is 4. The maximum Gasteiger partial charge on any atom is 0.306 e. The Morgan fingerprint density at radius 2 is 2.05 bits per heavy atom. The van der Waals surface area contributed by atoms with Crippen LogP contribution in [0.4, 0.5) is 0 Å². The van der Waals surface area contributed by atoms with Crippen molar-refractivity contribution in [3.8, 4) is 0 Å². The van der Waals surface area contributed by atoms with Gasteiger partial charge < -0.3 is 10.0 Å². The van der Waals surface area contributed by atoms with E-state index in [-0.39, 0.29) is 5.92 Å². The topological polar surface area (TPSA) is 43.8 Å². The summed E-state index contributed by atoms with van der Waals surface area (Å²) in [6.45, 7) is 5.64. The molecule has 4 atom stereocenters. The summed E-state index contributed by atoms with van der Waals surface area (Å²) >= 11 is 0. The highest BCUT2D eigenvalue weighted by atomic mass is 16.4. The summed E-state index contributed by atoms with van der Waals surface area (Å²) in [4.78, 5) is 16.4. The second-order valence-corrected chi connectivity index (χ2v) is 6.71. The molecule has 0 aromatic carbocycles. The van der Waals surface area contributed by atoms with Gasteiger partial charge in [-0.2, -0.15) is 0 Å². The van der Waals surface area contributed by atoms with Gasteiger partial charge in [0, 0.05) is 18.6 Å². The van der Waals surface area contributed by atoms with Crippen molar-refractivity contribution in [3.05, 3.63) is 0 Å². The van der Waals surface area contributed by atoms with E-state index in [4.69, 9.17) is 0 Å². The van der Waals surface area contributed by atoms with E-state index in [1.165, 1.54) is 32.5 Å². The Bertz CT molecular complexity index is 352. The van der Waals surface area contributed by atoms with E-state index in [2.05, 4.69) is 16.8 Å². The number of hydrogen-bond acceptors (Lipinski definition) is 3. The van der Waals surface area contributed by atoms with Crippen LogP contribution in [-0.4, -0.2) is 59.6 Å². The quantitative estimate of drug-likeness (QED) is 0.838. The number of carbonyl (C=O) groups is 1. The molecule has 4 nitrogen and oxygen atoms in total. The van der Waals surface area contributed by atoms with Crippen LogP contribution >= 0.6 is 0 Å². The maximum absolute atomic E-state index is 11.3. The first-order chi connectivity index (χ1) is 9.11. The Kier molecular flexibility index (Phi) is 3.56. The number of nitrogens with zero attached hydrogens (tertiary/aromatic N) is 2. The molecule has 0 aliphatic carbocycles. The van der Waals surface area contributed by atoms with Crippen molar-refractivity contribution in [2.75, 3.05) is 26.7 Å². The summed E-state index contributed by atoms with van der Waals surface area (Å²) in [5.41, 5.74) is 0. The molecule has 0 spiro atoms. The molecule has 4 heteroatoms. The summed E-state index contributed by atoms with van der Waals surface area (Å²) < 4.78 is 0. The molecule has 4 aliphatic heterocycles. The van der Waals surface area contributed by atoms with Crippen molar-refractivity contribution < 1.29 is 9.90 Å². The summed E-state index contributed by atoms with van der Waals surface area (Å²) in [5, 5.41) is 9.32. The summed E-state index contributed by atoms with van der Waals surface area (Å²) in [5.74, 6) is 0.902. The third-order valence-electron chi connectivity index (χ3n) is 5.87. The zero-order chi connectivity index (χ0) is 13.6. The van der Waals surface area contributed by atoms with E-state index in [0.717, 1.165) is 24.7 Å². The van der Waals surface area contributed by atoms with Gasteiger partial charge in [0.15, 0.2) is 0 Å². The van der Waals surface area contributed by atoms with Crippen LogP contribution in [0.3, 0.4) is 0 Å². The molecule has 108 valence electrons. The lowest BCUT2D eigenvalue weighted by Gasteiger charge is -2.49. The fraction of sp³-hybridized carbons (Fsp3) is 0.933. The van der Waals surface area contributed by atoms with Gasteiger partial charge in [-0.3, -0.25) is 9.69 Å². The first-order valence-electron chi connectivity index (χ1n) is 7.79. The number of hydrogen-bond donors (Lipinski definition) is 1. The number of carboxylic acid groups (broad SMARTS) is 1. The SMILES string of the molecule is CCC(CC1C2C(CN1C)C1CCN2CC1)C(=O)O. The summed E-state index contributed by atoms with van der Waals surface area (Å²) in [7, 11) is 2.19. The molecule has 1 N–H and O–H groups in total. The molecular formula is C15H26N2O2. The number of fused-ring (bicyclic) bond motifs is 2. The zero-order valence-electron chi connectivity index (χ0n) is 12.1. The first-order valence-corrected chi connectivity index (χ1v) is 7.79. The lowest BCUT2D eigenvalue weighted by Crippen LogP contribution is -2.57. The molecule has 4 saturated heterocycles. The molecule has 4 rings (SSSR count). The van der Waals surface area contributed by atoms with Crippen molar-refractivity contribution >= 4 is 5.97 Å². The highest BCUT2D eigenvalue weighted by Gasteiger charge is 2.51. The second kappa shape index (κ2) is 5.06. The average molecular weight is 266 g/mol. The minimum Gasteiger partial charge on any atom is -0.481 e. The lowest BCUT2D eigenvalue weighted by molar-refractivity contribution is -0.142. The smallest absolute Gasteiger partial charge is 0.306 e. The van der Waals surface area contributed by atoms with E-state index >= 15 is 0 Å². The molecular weight excluding hydrogens is 240 g/mol. The third kappa shape index (κ3) is 2.19. The minimum absolute atomic E-state index is 0.173. The van der Waals surface area contributed by atoms with Gasteiger partial charge >= 0.3 is 5.97 Å². The van der Waals surface area contributed by atoms with Gasteiger partial charge in [-0.1, -0.05) is 6.92 Å². The van der Waals surface area contributed by atoms with Crippen LogP contribution in [0.15, 0.2) is 0 Å². The molecule has 0 aromatic heterocycles. The van der Waals surface area contributed by atoms with Crippen LogP contribution in [0.2, 0.25) is 0 Å². The van der Waals surface area contributed by atoms with E-state index < -0.39 is 5.97 Å². The van der Waals surface area contributed by atoms with Crippen LogP contribution in [-0.2, 0) is 4.79 Å². The fourth-order valence-electron chi connectivity index (χ4n) is 4.76. The van der Waals surface area contributed by atoms with E-state index in [9.17, 15) is 9.90 Å². The summed E-state index contributed by atoms with van der Waals surface area (Å²) in [6, 6.07) is 1.08. The number of aliphatic carboxylic acids is 1. The molecule has 2 bridgehead atoms. The van der Waals surface area contributed by atoms with Crippen LogP contribution in [0.25, 0.3) is 0 Å². The van der Waals surface area contributed by atoms with Crippen LogP contribution in [0, 0.1) is 17.8 Å². The fourth-order valence-corrected chi connectivity index (χ4v) is 4.76. The minimum atomic E-state index is -0.615. The van der Waals surface area contributed by atoms with Gasteiger partial charge in [0.25, 0.3) is 0 Å². The van der Waals surface area contributed by atoms with Gasteiger partial charge in [0.05, 0.1) is 5.92 Å². The predicted octanol–water partition coefficient (Wildman–Crippen LogP) is 1.51. The average Bonchev–Trinajstić information content (AvgIpc) is 2.75. The normalized spacial score (nSPS) is 43.2. The molecule has 4 aliphatic rings. The zero-order valence-corrected chi connectivity index (χ0v) is 12.1. The molecule has 0 saturated carbocycles. The monoisotopic (exact) mass is 266 g/mol. The highest BCUT2D eigenvalue weighted by molar-refractivity contribution is 5.69. The number of piperidine rings is 3. The van der Waals surface area contributed by atoms with E-state index in [1.54, 1.807) is 0 Å². The highest BCUT2D eigenvalue weighted by Crippen LogP contribution is 2.44. The molecule has 4 unspecified atom stereocenters. The molecule has 0 aromatic rings. The Hall–Kier alpha value is -0.610. The van der Waals surface area contributed by atoms with Crippen molar-refractivity contribution in [2.45, 2.75) is 44.7 Å². The van der Waals surface area contributed by atoms with E-state index in [1.807, 2.05) is 6.92 Å². The van der Waals surface area contributed by atoms with Crippen LogP contribution in [0.5, 0.6) is 0 Å². The Balaban J connectivity index is 1.76. The third-order valence-corrected chi connectivity index (χ3v) is 5.87. The molecule has 4 heterocycles. The molecule has 0 amide bonds. The number of likely N-dealkylation sites (N-methyl/N-ethyl adjacent to an activating group) is 1. The molecule has 4 fully saturated rings. The van der Waals surface area contributed by atoms with Gasteiger partial charge in [-0.15, -0.1) is 0 Å². The van der Waals surface area contributed by atoms with Crippen LogP contribution < -0.4 is 0 Å². The van der Waals surface area contributed by atoms with Crippen molar-refractivity contribution in [3.63, 3.8) is 0 Å². The van der Waals surface area contributed by atoms with Crippen molar-refractivity contribution in [1.29, 1.82) is 0 Å². The van der Waals surface area contributed by atoms with Gasteiger partial charge in [0.2, 0.25) is 0 Å². The largest absolute Gasteiger partial charge is 0.481 e.